The Kier molecular flexibility index (Phi) is 3.84. The van der Waals surface area contributed by atoms with Gasteiger partial charge < -0.3 is 10.6 Å². The molecule has 1 aliphatic heterocycles. The molecule has 1 saturated heterocycles. The first-order valence-corrected chi connectivity index (χ1v) is 7.70. The number of nitrogens with two attached hydrogens (primary N) is 1. The third-order valence-corrected chi connectivity index (χ3v) is 4.38. The molecule has 18 heavy (non-hydrogen) atoms. The quantitative estimate of drug-likeness (QED) is 0.810. The molecule has 0 atom stereocenters. The van der Waals surface area contributed by atoms with E-state index in [1.54, 1.807) is 6.20 Å². The highest BCUT2D eigenvalue weighted by Gasteiger charge is 2.23. The van der Waals surface area contributed by atoms with Gasteiger partial charge in [-0.05, 0) is 17.7 Å². The summed E-state index contributed by atoms with van der Waals surface area (Å²) < 4.78 is 24.3. The van der Waals surface area contributed by atoms with Crippen LogP contribution in [-0.2, 0) is 16.6 Å². The van der Waals surface area contributed by atoms with E-state index in [9.17, 15) is 8.42 Å². The van der Waals surface area contributed by atoms with E-state index in [1.165, 1.54) is 10.6 Å². The molecule has 0 radical (unpaired) electrons. The number of piperazine rings is 1. The van der Waals surface area contributed by atoms with Crippen LogP contribution in [0.25, 0.3) is 0 Å². The third kappa shape index (κ3) is 2.98. The van der Waals surface area contributed by atoms with Crippen LogP contribution in [0.1, 0.15) is 5.56 Å². The Morgan fingerprint density at radius 2 is 2.00 bits per heavy atom. The summed E-state index contributed by atoms with van der Waals surface area (Å²) in [5.74, 6) is 0.867. The van der Waals surface area contributed by atoms with E-state index >= 15 is 0 Å². The van der Waals surface area contributed by atoms with Gasteiger partial charge in [0.05, 0.1) is 6.26 Å². The van der Waals surface area contributed by atoms with Crippen molar-refractivity contribution in [3.05, 3.63) is 23.9 Å². The van der Waals surface area contributed by atoms with Gasteiger partial charge in [-0.3, -0.25) is 0 Å². The Hall–Kier alpha value is -1.18. The van der Waals surface area contributed by atoms with Crippen molar-refractivity contribution < 1.29 is 8.42 Å². The van der Waals surface area contributed by atoms with Crippen LogP contribution in [0.2, 0.25) is 0 Å². The summed E-state index contributed by atoms with van der Waals surface area (Å²) in [7, 11) is -3.08. The van der Waals surface area contributed by atoms with Gasteiger partial charge in [-0.1, -0.05) is 0 Å². The fourth-order valence-electron chi connectivity index (χ4n) is 2.01. The van der Waals surface area contributed by atoms with Gasteiger partial charge >= 0.3 is 0 Å². The van der Waals surface area contributed by atoms with Crippen LogP contribution >= 0.6 is 0 Å². The minimum atomic E-state index is -3.08. The highest BCUT2D eigenvalue weighted by molar-refractivity contribution is 7.88. The Morgan fingerprint density at radius 1 is 1.33 bits per heavy atom. The van der Waals surface area contributed by atoms with Crippen molar-refractivity contribution in [3.63, 3.8) is 0 Å². The second-order valence-corrected chi connectivity index (χ2v) is 6.36. The second kappa shape index (κ2) is 5.21. The molecule has 1 aliphatic rings. The monoisotopic (exact) mass is 270 g/mol. The minimum absolute atomic E-state index is 0.485. The van der Waals surface area contributed by atoms with E-state index in [0.29, 0.717) is 32.7 Å². The lowest BCUT2D eigenvalue weighted by atomic mass is 10.2. The molecule has 6 nitrogen and oxygen atoms in total. The molecule has 0 spiro atoms. The molecule has 0 unspecified atom stereocenters. The van der Waals surface area contributed by atoms with Gasteiger partial charge in [0.1, 0.15) is 5.82 Å². The van der Waals surface area contributed by atoms with Gasteiger partial charge in [-0.15, -0.1) is 0 Å². The minimum Gasteiger partial charge on any atom is -0.354 e. The first kappa shape index (κ1) is 13.3. The largest absolute Gasteiger partial charge is 0.354 e. The lowest BCUT2D eigenvalue weighted by molar-refractivity contribution is 0.387. The predicted molar refractivity (Wildman–Crippen MR) is 70.8 cm³/mol. The van der Waals surface area contributed by atoms with Crippen LogP contribution in [-0.4, -0.2) is 50.1 Å². The summed E-state index contributed by atoms with van der Waals surface area (Å²) in [6, 6.07) is 3.84. The zero-order valence-corrected chi connectivity index (χ0v) is 11.2. The van der Waals surface area contributed by atoms with E-state index in [1.807, 2.05) is 12.1 Å². The molecule has 0 saturated carbocycles. The SMILES string of the molecule is CS(=O)(=O)N1CCN(c2cc(CN)ccn2)CC1. The first-order chi connectivity index (χ1) is 8.50. The number of nitrogens with zero attached hydrogens (tertiary/aromatic N) is 3. The number of aromatic nitrogens is 1. The molecule has 0 amide bonds. The number of rotatable bonds is 3. The zero-order chi connectivity index (χ0) is 13.2. The fraction of sp³-hybridized carbons (Fsp3) is 0.545. The van der Waals surface area contributed by atoms with Crippen LogP contribution in [0, 0.1) is 0 Å². The first-order valence-electron chi connectivity index (χ1n) is 5.86. The number of sulfonamides is 1. The van der Waals surface area contributed by atoms with Crippen LogP contribution < -0.4 is 10.6 Å². The van der Waals surface area contributed by atoms with Gasteiger partial charge in [-0.2, -0.15) is 4.31 Å². The number of anilines is 1. The normalized spacial score (nSPS) is 18.0. The van der Waals surface area contributed by atoms with Crippen LogP contribution in [0.5, 0.6) is 0 Å². The lowest BCUT2D eigenvalue weighted by Gasteiger charge is -2.34. The molecule has 0 aliphatic carbocycles. The van der Waals surface area contributed by atoms with Crippen molar-refractivity contribution in [1.82, 2.24) is 9.29 Å². The van der Waals surface area contributed by atoms with Crippen molar-refractivity contribution in [2.75, 3.05) is 37.3 Å². The van der Waals surface area contributed by atoms with Crippen molar-refractivity contribution in [2.24, 2.45) is 5.73 Å². The van der Waals surface area contributed by atoms with E-state index in [4.69, 9.17) is 5.73 Å². The highest BCUT2D eigenvalue weighted by atomic mass is 32.2. The number of hydrogen-bond acceptors (Lipinski definition) is 5. The van der Waals surface area contributed by atoms with Gasteiger partial charge in [0.2, 0.25) is 10.0 Å². The van der Waals surface area contributed by atoms with Crippen molar-refractivity contribution in [3.8, 4) is 0 Å². The third-order valence-electron chi connectivity index (χ3n) is 3.08. The molecular weight excluding hydrogens is 252 g/mol. The number of hydrogen-bond donors (Lipinski definition) is 1. The molecule has 1 aromatic heterocycles. The number of pyridine rings is 1. The van der Waals surface area contributed by atoms with Gasteiger partial charge in [0, 0.05) is 38.9 Å². The molecule has 0 aromatic carbocycles. The summed E-state index contributed by atoms with van der Waals surface area (Å²) in [4.78, 5) is 6.38. The van der Waals surface area contributed by atoms with Gasteiger partial charge in [0.25, 0.3) is 0 Å². The summed E-state index contributed by atoms with van der Waals surface area (Å²) in [5, 5.41) is 0. The molecule has 1 aromatic rings. The molecule has 2 N–H and O–H groups in total. The van der Waals surface area contributed by atoms with Gasteiger partial charge in [-0.25, -0.2) is 13.4 Å². The summed E-state index contributed by atoms with van der Waals surface area (Å²) in [6.07, 6.45) is 2.98. The summed E-state index contributed by atoms with van der Waals surface area (Å²) in [5.41, 5.74) is 6.63. The average molecular weight is 270 g/mol. The fourth-order valence-corrected chi connectivity index (χ4v) is 2.84. The molecule has 2 rings (SSSR count). The summed E-state index contributed by atoms with van der Waals surface area (Å²) in [6.45, 7) is 2.82. The lowest BCUT2D eigenvalue weighted by Crippen LogP contribution is -2.48. The van der Waals surface area contributed by atoms with Crippen LogP contribution in [0.15, 0.2) is 18.3 Å². The van der Waals surface area contributed by atoms with E-state index < -0.39 is 10.0 Å². The van der Waals surface area contributed by atoms with Gasteiger partial charge in [0.15, 0.2) is 0 Å². The molecule has 1 fully saturated rings. The van der Waals surface area contributed by atoms with Crippen LogP contribution in [0.3, 0.4) is 0 Å². The standard InChI is InChI=1S/C11H18N4O2S/c1-18(16,17)15-6-4-14(5-7-15)11-8-10(9-12)2-3-13-11/h2-3,8H,4-7,9,12H2,1H3. The summed E-state index contributed by atoms with van der Waals surface area (Å²) >= 11 is 0. The zero-order valence-electron chi connectivity index (χ0n) is 10.4. The Balaban J connectivity index is 2.05. The smallest absolute Gasteiger partial charge is 0.211 e. The van der Waals surface area contributed by atoms with E-state index in [-0.39, 0.29) is 0 Å². The molecular formula is C11H18N4O2S. The average Bonchev–Trinajstić information content (AvgIpc) is 2.38. The predicted octanol–water partition coefficient (Wildman–Crippen LogP) is -0.378. The van der Waals surface area contributed by atoms with Crippen LogP contribution in [0.4, 0.5) is 5.82 Å². The highest BCUT2D eigenvalue weighted by Crippen LogP contribution is 2.15. The van der Waals surface area contributed by atoms with Crippen molar-refractivity contribution in [2.45, 2.75) is 6.54 Å². The topological polar surface area (TPSA) is 79.5 Å². The Bertz CT molecular complexity index is 510. The Labute approximate surface area is 107 Å². The van der Waals surface area contributed by atoms with Crippen molar-refractivity contribution in [1.29, 1.82) is 0 Å². The molecule has 100 valence electrons. The second-order valence-electron chi connectivity index (χ2n) is 4.38. The molecule has 2 heterocycles. The maximum Gasteiger partial charge on any atom is 0.211 e. The van der Waals surface area contributed by atoms with E-state index in [0.717, 1.165) is 11.4 Å². The maximum absolute atomic E-state index is 11.4. The Morgan fingerprint density at radius 3 is 2.56 bits per heavy atom. The van der Waals surface area contributed by atoms with Crippen molar-refractivity contribution >= 4 is 15.8 Å². The van der Waals surface area contributed by atoms with E-state index in [2.05, 4.69) is 9.88 Å². The molecule has 0 bridgehead atoms. The molecule has 7 heteroatoms. The maximum atomic E-state index is 11.4.